The second-order valence-corrected chi connectivity index (χ2v) is 6.35. The Morgan fingerprint density at radius 2 is 2.08 bits per heavy atom. The van der Waals surface area contributed by atoms with Crippen LogP contribution >= 0.6 is 11.8 Å². The minimum absolute atomic E-state index is 0.239. The average Bonchev–Trinajstić information content (AvgIpc) is 2.90. The number of carbonyl (C=O) groups excluding carboxylic acids is 1. The van der Waals surface area contributed by atoms with Crippen LogP contribution in [0.5, 0.6) is 5.75 Å². The van der Waals surface area contributed by atoms with Crippen LogP contribution in [-0.4, -0.2) is 39.7 Å². The van der Waals surface area contributed by atoms with Crippen molar-refractivity contribution < 1.29 is 19.4 Å². The van der Waals surface area contributed by atoms with Gasteiger partial charge in [-0.2, -0.15) is 5.10 Å². The Labute approximate surface area is 144 Å². The lowest BCUT2D eigenvalue weighted by atomic mass is 10.1. The lowest BCUT2D eigenvalue weighted by Gasteiger charge is -2.05. The van der Waals surface area contributed by atoms with Crippen LogP contribution in [-0.2, 0) is 9.59 Å². The van der Waals surface area contributed by atoms with Gasteiger partial charge in [-0.1, -0.05) is 18.7 Å². The van der Waals surface area contributed by atoms with Gasteiger partial charge in [0.2, 0.25) is 5.91 Å². The van der Waals surface area contributed by atoms with E-state index in [4.69, 9.17) is 9.84 Å². The SMILES string of the molecule is CCCOc1ccc(/C(C)=N\N=C2\NC(=O)[C@@H](CC(=O)O)S2)cc1. The van der Waals surface area contributed by atoms with Gasteiger partial charge in [-0.05, 0) is 43.2 Å². The fourth-order valence-electron chi connectivity index (χ4n) is 1.94. The van der Waals surface area contributed by atoms with Crippen LogP contribution in [0.2, 0.25) is 0 Å². The van der Waals surface area contributed by atoms with Crippen molar-refractivity contribution in [2.75, 3.05) is 6.61 Å². The first-order valence-corrected chi connectivity index (χ1v) is 8.42. The Bertz CT molecular complexity index is 670. The minimum atomic E-state index is -1.02. The largest absolute Gasteiger partial charge is 0.494 e. The predicted molar refractivity (Wildman–Crippen MR) is 93.6 cm³/mol. The summed E-state index contributed by atoms with van der Waals surface area (Å²) in [7, 11) is 0. The Morgan fingerprint density at radius 3 is 2.71 bits per heavy atom. The van der Waals surface area contributed by atoms with Gasteiger partial charge in [0, 0.05) is 0 Å². The first-order chi connectivity index (χ1) is 11.5. The van der Waals surface area contributed by atoms with Crippen LogP contribution in [0.25, 0.3) is 0 Å². The monoisotopic (exact) mass is 349 g/mol. The zero-order valence-corrected chi connectivity index (χ0v) is 14.3. The molecule has 1 aromatic carbocycles. The smallest absolute Gasteiger partial charge is 0.305 e. The van der Waals surface area contributed by atoms with E-state index in [-0.39, 0.29) is 12.3 Å². The molecular formula is C16H19N3O4S. The number of amidine groups is 1. The summed E-state index contributed by atoms with van der Waals surface area (Å²) in [5.41, 5.74) is 1.57. The third-order valence-electron chi connectivity index (χ3n) is 3.17. The summed E-state index contributed by atoms with van der Waals surface area (Å²) in [5.74, 6) is -0.574. The van der Waals surface area contributed by atoms with Crippen LogP contribution in [0.4, 0.5) is 0 Å². The molecule has 2 N–H and O–H groups in total. The van der Waals surface area contributed by atoms with Crippen molar-refractivity contribution in [3.8, 4) is 5.75 Å². The first-order valence-electron chi connectivity index (χ1n) is 7.54. The van der Waals surface area contributed by atoms with Gasteiger partial charge in [0.05, 0.1) is 18.7 Å². The number of nitrogens with one attached hydrogen (secondary N) is 1. The van der Waals surface area contributed by atoms with Crippen LogP contribution in [0.1, 0.15) is 32.3 Å². The van der Waals surface area contributed by atoms with Crippen molar-refractivity contribution in [2.24, 2.45) is 10.2 Å². The molecule has 0 aliphatic carbocycles. The molecule has 0 unspecified atom stereocenters. The number of aliphatic carboxylic acids is 1. The van der Waals surface area contributed by atoms with Gasteiger partial charge in [0.15, 0.2) is 5.17 Å². The molecule has 0 saturated carbocycles. The van der Waals surface area contributed by atoms with Gasteiger partial charge < -0.3 is 15.2 Å². The molecule has 1 heterocycles. The summed E-state index contributed by atoms with van der Waals surface area (Å²) >= 11 is 1.08. The molecule has 1 fully saturated rings. The van der Waals surface area contributed by atoms with Crippen LogP contribution in [0.15, 0.2) is 34.5 Å². The molecule has 0 bridgehead atoms. The normalized spacial score (nSPS) is 19.4. The van der Waals surface area contributed by atoms with Gasteiger partial charge in [-0.25, -0.2) is 0 Å². The number of carbonyl (C=O) groups is 2. The number of hydrogen-bond acceptors (Lipinski definition) is 6. The molecule has 24 heavy (non-hydrogen) atoms. The van der Waals surface area contributed by atoms with Crippen LogP contribution in [0.3, 0.4) is 0 Å². The Kier molecular flexibility index (Phi) is 6.36. The number of amides is 1. The number of hydrogen-bond donors (Lipinski definition) is 2. The zero-order valence-electron chi connectivity index (χ0n) is 13.5. The number of benzene rings is 1. The van der Waals surface area contributed by atoms with Crippen molar-refractivity contribution in [3.63, 3.8) is 0 Å². The lowest BCUT2D eigenvalue weighted by molar-refractivity contribution is -0.138. The van der Waals surface area contributed by atoms with Crippen molar-refractivity contribution in [1.82, 2.24) is 5.32 Å². The molecule has 8 heteroatoms. The zero-order chi connectivity index (χ0) is 17.5. The fourth-order valence-corrected chi connectivity index (χ4v) is 2.84. The maximum Gasteiger partial charge on any atom is 0.305 e. The molecule has 1 aromatic rings. The number of carboxylic acid groups (broad SMARTS) is 1. The van der Waals surface area contributed by atoms with Crippen LogP contribution < -0.4 is 10.1 Å². The number of nitrogens with zero attached hydrogens (tertiary/aromatic N) is 2. The van der Waals surface area contributed by atoms with Gasteiger partial charge >= 0.3 is 5.97 Å². The molecule has 0 aromatic heterocycles. The van der Waals surface area contributed by atoms with Gasteiger partial charge in [-0.3, -0.25) is 9.59 Å². The first kappa shape index (κ1) is 18.0. The van der Waals surface area contributed by atoms with E-state index in [2.05, 4.69) is 15.5 Å². The van der Waals surface area contributed by atoms with Crippen molar-refractivity contribution >= 4 is 34.5 Å². The van der Waals surface area contributed by atoms with E-state index in [9.17, 15) is 9.59 Å². The standard InChI is InChI=1S/C16H19N3O4S/c1-3-8-23-12-6-4-11(5-7-12)10(2)18-19-16-17-15(22)13(24-16)9-14(20)21/h4-7,13H,3,8-9H2,1-2H3,(H,20,21)(H,17,19,22)/b18-10-/t13-/m1/s1. The molecule has 128 valence electrons. The van der Waals surface area contributed by atoms with E-state index in [0.29, 0.717) is 17.5 Å². The third kappa shape index (κ3) is 5.09. The average molecular weight is 349 g/mol. The van der Waals surface area contributed by atoms with E-state index in [1.54, 1.807) is 0 Å². The van der Waals surface area contributed by atoms with E-state index in [0.717, 1.165) is 29.5 Å². The second kappa shape index (κ2) is 8.49. The van der Waals surface area contributed by atoms with Crippen molar-refractivity contribution in [3.05, 3.63) is 29.8 Å². The maximum atomic E-state index is 11.6. The Balaban J connectivity index is 2.00. The maximum absolute atomic E-state index is 11.6. The molecule has 0 spiro atoms. The summed E-state index contributed by atoms with van der Waals surface area (Å²) in [6.07, 6.45) is 0.712. The highest BCUT2D eigenvalue weighted by Gasteiger charge is 2.32. The third-order valence-corrected chi connectivity index (χ3v) is 4.24. The summed E-state index contributed by atoms with van der Waals surface area (Å²) in [4.78, 5) is 22.3. The van der Waals surface area contributed by atoms with Crippen LogP contribution in [0, 0.1) is 0 Å². The molecule has 1 atom stereocenters. The molecule has 1 aliphatic heterocycles. The van der Waals surface area contributed by atoms with E-state index in [1.165, 1.54) is 0 Å². The highest BCUT2D eigenvalue weighted by Crippen LogP contribution is 2.22. The molecule has 7 nitrogen and oxygen atoms in total. The molecule has 1 saturated heterocycles. The molecule has 1 amide bonds. The Hall–Kier alpha value is -2.35. The summed E-state index contributed by atoms with van der Waals surface area (Å²) in [6, 6.07) is 7.51. The fraction of sp³-hybridized carbons (Fsp3) is 0.375. The molecule has 0 radical (unpaired) electrons. The van der Waals surface area contributed by atoms with Gasteiger partial charge in [-0.15, -0.1) is 5.10 Å². The number of rotatable bonds is 7. The van der Waals surface area contributed by atoms with Gasteiger partial charge in [0.1, 0.15) is 11.0 Å². The second-order valence-electron chi connectivity index (χ2n) is 5.16. The molecule has 1 aliphatic rings. The van der Waals surface area contributed by atoms with Crippen molar-refractivity contribution in [2.45, 2.75) is 31.9 Å². The predicted octanol–water partition coefficient (Wildman–Crippen LogP) is 2.26. The summed E-state index contributed by atoms with van der Waals surface area (Å²) in [6.45, 7) is 4.53. The van der Waals surface area contributed by atoms with E-state index >= 15 is 0 Å². The topological polar surface area (TPSA) is 100 Å². The molecular weight excluding hydrogens is 330 g/mol. The Morgan fingerprint density at radius 1 is 1.38 bits per heavy atom. The van der Waals surface area contributed by atoms with E-state index < -0.39 is 11.2 Å². The molecule has 2 rings (SSSR count). The highest BCUT2D eigenvalue weighted by atomic mass is 32.2. The quantitative estimate of drug-likeness (QED) is 0.581. The number of ether oxygens (including phenoxy) is 1. The minimum Gasteiger partial charge on any atom is -0.494 e. The highest BCUT2D eigenvalue weighted by molar-refractivity contribution is 8.15. The van der Waals surface area contributed by atoms with E-state index in [1.807, 2.05) is 38.1 Å². The lowest BCUT2D eigenvalue weighted by Crippen LogP contribution is -2.26. The number of carboxylic acids is 1. The van der Waals surface area contributed by atoms with Crippen molar-refractivity contribution in [1.29, 1.82) is 0 Å². The summed E-state index contributed by atoms with van der Waals surface area (Å²) in [5, 5.41) is 19.0. The number of thioether (sulfide) groups is 1. The van der Waals surface area contributed by atoms with Gasteiger partial charge in [0.25, 0.3) is 0 Å². The summed E-state index contributed by atoms with van der Waals surface area (Å²) < 4.78 is 5.52.